The lowest BCUT2D eigenvalue weighted by molar-refractivity contribution is -0.126. The second-order valence-electron chi connectivity index (χ2n) is 5.90. The van der Waals surface area contributed by atoms with Gasteiger partial charge in [-0.05, 0) is 6.42 Å². The zero-order valence-corrected chi connectivity index (χ0v) is 11.8. The van der Waals surface area contributed by atoms with Gasteiger partial charge in [0.2, 0.25) is 0 Å². The Bertz CT molecular complexity index is 176. The van der Waals surface area contributed by atoms with Crippen molar-refractivity contribution < 1.29 is 4.79 Å². The quantitative estimate of drug-likeness (QED) is 0.498. The summed E-state index contributed by atoms with van der Waals surface area (Å²) in [5.74, 6) is 0.415. The van der Waals surface area contributed by atoms with Crippen molar-refractivity contribution in [3.63, 3.8) is 0 Å². The van der Waals surface area contributed by atoms with Gasteiger partial charge in [0.1, 0.15) is 5.78 Å². The third-order valence-corrected chi connectivity index (χ3v) is 3.09. The standard InChI is InChI=1S/C15H30O/c1-5-6-7-8-9-10-11-12-13-14(16)15(2,3)4/h5-13H2,1-4H3. The maximum Gasteiger partial charge on any atom is 0.138 e. The smallest absolute Gasteiger partial charge is 0.138 e. The largest absolute Gasteiger partial charge is 0.299 e. The number of unbranched alkanes of at least 4 members (excludes halogenated alkanes) is 7. The first-order valence-corrected chi connectivity index (χ1v) is 7.01. The SMILES string of the molecule is CCCCCCCCCCC(=O)C(C)(C)C. The van der Waals surface area contributed by atoms with Crippen molar-refractivity contribution in [3.8, 4) is 0 Å². The third-order valence-electron chi connectivity index (χ3n) is 3.09. The van der Waals surface area contributed by atoms with Crippen LogP contribution in [0.3, 0.4) is 0 Å². The average molecular weight is 226 g/mol. The number of carbonyl (C=O) groups excluding carboxylic acids is 1. The molecule has 0 amide bonds. The molecule has 0 N–H and O–H groups in total. The molecular weight excluding hydrogens is 196 g/mol. The first-order chi connectivity index (χ1) is 7.48. The van der Waals surface area contributed by atoms with Gasteiger partial charge in [-0.1, -0.05) is 72.6 Å². The normalized spacial score (nSPS) is 11.8. The Morgan fingerprint density at radius 3 is 1.69 bits per heavy atom. The van der Waals surface area contributed by atoms with E-state index >= 15 is 0 Å². The Hall–Kier alpha value is -0.330. The molecule has 0 atom stereocenters. The van der Waals surface area contributed by atoms with Gasteiger partial charge in [-0.15, -0.1) is 0 Å². The molecule has 0 bridgehead atoms. The van der Waals surface area contributed by atoms with E-state index in [-0.39, 0.29) is 5.41 Å². The molecule has 1 heteroatoms. The molecule has 0 unspecified atom stereocenters. The zero-order chi connectivity index (χ0) is 12.4. The molecule has 0 rings (SSSR count). The summed E-state index contributed by atoms with van der Waals surface area (Å²) in [6.07, 6.45) is 11.2. The van der Waals surface area contributed by atoms with Crippen LogP contribution in [0.1, 0.15) is 85.5 Å². The van der Waals surface area contributed by atoms with Gasteiger partial charge in [-0.2, -0.15) is 0 Å². The van der Waals surface area contributed by atoms with Crippen LogP contribution >= 0.6 is 0 Å². The van der Waals surface area contributed by atoms with Crippen molar-refractivity contribution in [3.05, 3.63) is 0 Å². The fourth-order valence-corrected chi connectivity index (χ4v) is 1.79. The molecule has 0 saturated carbocycles. The van der Waals surface area contributed by atoms with Crippen LogP contribution in [0.2, 0.25) is 0 Å². The first kappa shape index (κ1) is 15.7. The van der Waals surface area contributed by atoms with Crippen LogP contribution < -0.4 is 0 Å². The van der Waals surface area contributed by atoms with Crippen molar-refractivity contribution in [1.82, 2.24) is 0 Å². The summed E-state index contributed by atoms with van der Waals surface area (Å²) in [6.45, 7) is 8.29. The molecular formula is C15H30O. The highest BCUT2D eigenvalue weighted by atomic mass is 16.1. The highest BCUT2D eigenvalue weighted by molar-refractivity contribution is 5.83. The van der Waals surface area contributed by atoms with Gasteiger partial charge in [0.05, 0.1) is 0 Å². The number of rotatable bonds is 9. The van der Waals surface area contributed by atoms with E-state index < -0.39 is 0 Å². The molecule has 0 aliphatic heterocycles. The second-order valence-corrected chi connectivity index (χ2v) is 5.90. The van der Waals surface area contributed by atoms with Crippen LogP contribution in [-0.2, 0) is 4.79 Å². The second kappa shape index (κ2) is 8.78. The van der Waals surface area contributed by atoms with Crippen LogP contribution in [0, 0.1) is 5.41 Å². The monoisotopic (exact) mass is 226 g/mol. The Labute approximate surface area is 102 Å². The summed E-state index contributed by atoms with van der Waals surface area (Å²) in [6, 6.07) is 0. The molecule has 0 spiro atoms. The van der Waals surface area contributed by atoms with E-state index in [1.54, 1.807) is 0 Å². The summed E-state index contributed by atoms with van der Waals surface area (Å²) < 4.78 is 0. The summed E-state index contributed by atoms with van der Waals surface area (Å²) in [4.78, 5) is 11.6. The average Bonchev–Trinajstić information content (AvgIpc) is 2.20. The van der Waals surface area contributed by atoms with E-state index in [1.807, 2.05) is 20.8 Å². The van der Waals surface area contributed by atoms with Gasteiger partial charge < -0.3 is 0 Å². The molecule has 0 aliphatic carbocycles. The van der Waals surface area contributed by atoms with Gasteiger partial charge in [0, 0.05) is 11.8 Å². The molecule has 1 nitrogen and oxygen atoms in total. The highest BCUT2D eigenvalue weighted by Crippen LogP contribution is 2.19. The summed E-state index contributed by atoms with van der Waals surface area (Å²) in [7, 11) is 0. The molecule has 96 valence electrons. The van der Waals surface area contributed by atoms with Crippen LogP contribution in [0.25, 0.3) is 0 Å². The predicted molar refractivity (Wildman–Crippen MR) is 71.7 cm³/mol. The molecule has 0 aromatic carbocycles. The fourth-order valence-electron chi connectivity index (χ4n) is 1.79. The lowest BCUT2D eigenvalue weighted by Crippen LogP contribution is -2.19. The molecule has 0 heterocycles. The maximum atomic E-state index is 11.6. The van der Waals surface area contributed by atoms with E-state index in [1.165, 1.54) is 44.9 Å². The summed E-state index contributed by atoms with van der Waals surface area (Å²) in [5.41, 5.74) is -0.138. The van der Waals surface area contributed by atoms with E-state index in [9.17, 15) is 4.79 Å². The van der Waals surface area contributed by atoms with Gasteiger partial charge in [-0.25, -0.2) is 0 Å². The van der Waals surface area contributed by atoms with Crippen molar-refractivity contribution in [2.24, 2.45) is 5.41 Å². The van der Waals surface area contributed by atoms with Crippen molar-refractivity contribution >= 4 is 5.78 Å². The number of hydrogen-bond donors (Lipinski definition) is 0. The minimum Gasteiger partial charge on any atom is -0.299 e. The van der Waals surface area contributed by atoms with Crippen molar-refractivity contribution in [2.45, 2.75) is 85.5 Å². The topological polar surface area (TPSA) is 17.1 Å². The van der Waals surface area contributed by atoms with E-state index in [4.69, 9.17) is 0 Å². The number of carbonyl (C=O) groups is 1. The maximum absolute atomic E-state index is 11.6. The molecule has 0 aliphatic rings. The zero-order valence-electron chi connectivity index (χ0n) is 11.8. The van der Waals surface area contributed by atoms with Crippen molar-refractivity contribution in [1.29, 1.82) is 0 Å². The molecule has 16 heavy (non-hydrogen) atoms. The predicted octanol–water partition coefficient (Wildman–Crippen LogP) is 5.13. The van der Waals surface area contributed by atoms with E-state index in [2.05, 4.69) is 6.92 Å². The molecule has 0 aromatic rings. The highest BCUT2D eigenvalue weighted by Gasteiger charge is 2.19. The van der Waals surface area contributed by atoms with Crippen molar-refractivity contribution in [2.75, 3.05) is 0 Å². The first-order valence-electron chi connectivity index (χ1n) is 7.01. The Morgan fingerprint density at radius 1 is 0.812 bits per heavy atom. The number of hydrogen-bond acceptors (Lipinski definition) is 1. The van der Waals surface area contributed by atoms with Gasteiger partial charge in [-0.3, -0.25) is 4.79 Å². The summed E-state index contributed by atoms with van der Waals surface area (Å²) in [5, 5.41) is 0. The molecule has 0 saturated heterocycles. The number of Topliss-reactive ketones (excluding diaryl/α,β-unsaturated/α-hetero) is 1. The van der Waals surface area contributed by atoms with Crippen LogP contribution in [0.4, 0.5) is 0 Å². The Morgan fingerprint density at radius 2 is 1.25 bits per heavy atom. The fraction of sp³-hybridized carbons (Fsp3) is 0.933. The Kier molecular flexibility index (Phi) is 8.60. The third kappa shape index (κ3) is 8.94. The minimum absolute atomic E-state index is 0.138. The van der Waals surface area contributed by atoms with E-state index in [0.717, 1.165) is 12.8 Å². The minimum atomic E-state index is -0.138. The van der Waals surface area contributed by atoms with Crippen LogP contribution in [0.5, 0.6) is 0 Å². The van der Waals surface area contributed by atoms with E-state index in [0.29, 0.717) is 5.78 Å². The van der Waals surface area contributed by atoms with Gasteiger partial charge >= 0.3 is 0 Å². The lowest BCUT2D eigenvalue weighted by Gasteiger charge is -2.16. The molecule has 0 aromatic heterocycles. The van der Waals surface area contributed by atoms with Gasteiger partial charge in [0.25, 0.3) is 0 Å². The Balaban J connectivity index is 3.25. The van der Waals surface area contributed by atoms with Crippen LogP contribution in [0.15, 0.2) is 0 Å². The summed E-state index contributed by atoms with van der Waals surface area (Å²) >= 11 is 0. The molecule has 0 fully saturated rings. The lowest BCUT2D eigenvalue weighted by atomic mass is 9.88. The number of ketones is 1. The van der Waals surface area contributed by atoms with Gasteiger partial charge in [0.15, 0.2) is 0 Å². The van der Waals surface area contributed by atoms with Crippen LogP contribution in [-0.4, -0.2) is 5.78 Å². The molecule has 0 radical (unpaired) electrons.